The first-order chi connectivity index (χ1) is 6.18. The molecule has 1 heterocycles. The van der Waals surface area contributed by atoms with E-state index in [4.69, 9.17) is 5.11 Å². The molecular weight excluding hydrogens is 254 g/mol. The Balaban J connectivity index is 2.37. The maximum absolute atomic E-state index is 10.2. The summed E-state index contributed by atoms with van der Waals surface area (Å²) in [5.41, 5.74) is 0. The van der Waals surface area contributed by atoms with Crippen molar-refractivity contribution in [1.82, 2.24) is 4.98 Å². The highest BCUT2D eigenvalue weighted by Crippen LogP contribution is 2.17. The molecule has 3 nitrogen and oxygen atoms in total. The molecule has 0 aromatic carbocycles. The molecular formula is C8H8BrNO2S. The highest BCUT2D eigenvalue weighted by Gasteiger charge is 1.99. The standard InChI is InChI=1S/C8H8BrNO2S/c9-6-1-2-7(10-5-6)13-4-3-8(11)12/h1-2,5H,3-4H2,(H,11,12). The molecule has 1 aromatic rings. The Labute approximate surface area is 88.7 Å². The number of nitrogens with zero attached hydrogens (tertiary/aromatic N) is 1. The molecule has 0 aliphatic rings. The summed E-state index contributed by atoms with van der Waals surface area (Å²) in [6.45, 7) is 0. The van der Waals surface area contributed by atoms with Crippen LogP contribution in [0.25, 0.3) is 0 Å². The summed E-state index contributed by atoms with van der Waals surface area (Å²) in [6, 6.07) is 3.74. The molecule has 0 unspecified atom stereocenters. The van der Waals surface area contributed by atoms with Crippen molar-refractivity contribution < 1.29 is 9.90 Å². The molecule has 0 fully saturated rings. The number of thioether (sulfide) groups is 1. The third-order valence-corrected chi connectivity index (χ3v) is 2.68. The van der Waals surface area contributed by atoms with Crippen LogP contribution in [0.3, 0.4) is 0 Å². The third-order valence-electron chi connectivity index (χ3n) is 1.27. The van der Waals surface area contributed by atoms with E-state index in [1.54, 1.807) is 6.20 Å². The normalized spacial score (nSPS) is 9.92. The molecule has 0 aliphatic carbocycles. The number of aromatic nitrogens is 1. The lowest BCUT2D eigenvalue weighted by atomic mass is 10.5. The maximum atomic E-state index is 10.2. The monoisotopic (exact) mass is 261 g/mol. The van der Waals surface area contributed by atoms with Gasteiger partial charge in [-0.1, -0.05) is 0 Å². The zero-order chi connectivity index (χ0) is 9.68. The lowest BCUT2D eigenvalue weighted by Gasteiger charge is -1.97. The Morgan fingerprint density at radius 1 is 1.62 bits per heavy atom. The smallest absolute Gasteiger partial charge is 0.304 e. The summed E-state index contributed by atoms with van der Waals surface area (Å²) in [4.78, 5) is 14.3. The number of carboxylic acid groups (broad SMARTS) is 1. The highest BCUT2D eigenvalue weighted by molar-refractivity contribution is 9.10. The van der Waals surface area contributed by atoms with Gasteiger partial charge in [-0.15, -0.1) is 11.8 Å². The number of carbonyl (C=O) groups is 1. The second kappa shape index (κ2) is 5.24. The number of halogens is 1. The van der Waals surface area contributed by atoms with Gasteiger partial charge in [0.25, 0.3) is 0 Å². The average Bonchev–Trinajstić information content (AvgIpc) is 2.08. The second-order valence-electron chi connectivity index (χ2n) is 2.31. The number of carboxylic acids is 1. The van der Waals surface area contributed by atoms with Crippen LogP contribution in [0.1, 0.15) is 6.42 Å². The van der Waals surface area contributed by atoms with E-state index in [2.05, 4.69) is 20.9 Å². The van der Waals surface area contributed by atoms with Gasteiger partial charge in [-0.05, 0) is 28.1 Å². The summed E-state index contributed by atoms with van der Waals surface area (Å²) >= 11 is 4.72. The number of hydrogen-bond donors (Lipinski definition) is 1. The molecule has 0 radical (unpaired) electrons. The predicted octanol–water partition coefficient (Wildman–Crippen LogP) is 2.41. The van der Waals surface area contributed by atoms with Gasteiger partial charge in [-0.2, -0.15) is 0 Å². The van der Waals surface area contributed by atoms with Gasteiger partial charge >= 0.3 is 5.97 Å². The molecule has 0 saturated heterocycles. The minimum atomic E-state index is -0.774. The Kier molecular flexibility index (Phi) is 4.24. The fourth-order valence-corrected chi connectivity index (χ4v) is 1.70. The van der Waals surface area contributed by atoms with Crippen molar-refractivity contribution in [3.63, 3.8) is 0 Å². The topological polar surface area (TPSA) is 50.2 Å². The van der Waals surface area contributed by atoms with Crippen LogP contribution in [0.4, 0.5) is 0 Å². The largest absolute Gasteiger partial charge is 0.481 e. The van der Waals surface area contributed by atoms with Gasteiger partial charge < -0.3 is 5.11 Å². The average molecular weight is 262 g/mol. The fraction of sp³-hybridized carbons (Fsp3) is 0.250. The van der Waals surface area contributed by atoms with Crippen LogP contribution >= 0.6 is 27.7 Å². The van der Waals surface area contributed by atoms with Crippen LogP contribution in [0.2, 0.25) is 0 Å². The summed E-state index contributed by atoms with van der Waals surface area (Å²) < 4.78 is 0.926. The van der Waals surface area contributed by atoms with E-state index in [1.807, 2.05) is 12.1 Å². The van der Waals surface area contributed by atoms with Crippen molar-refractivity contribution in [3.05, 3.63) is 22.8 Å². The zero-order valence-corrected chi connectivity index (χ0v) is 9.14. The number of hydrogen-bond acceptors (Lipinski definition) is 3. The SMILES string of the molecule is O=C(O)CCSc1ccc(Br)cn1. The Hall–Kier alpha value is -0.550. The van der Waals surface area contributed by atoms with Crippen LogP contribution in [0.5, 0.6) is 0 Å². The first kappa shape index (κ1) is 10.5. The van der Waals surface area contributed by atoms with E-state index in [-0.39, 0.29) is 6.42 Å². The summed E-state index contributed by atoms with van der Waals surface area (Å²) in [7, 11) is 0. The molecule has 0 atom stereocenters. The number of rotatable bonds is 4. The first-order valence-corrected chi connectivity index (χ1v) is 5.42. The van der Waals surface area contributed by atoms with Crippen molar-refractivity contribution in [3.8, 4) is 0 Å². The molecule has 70 valence electrons. The quantitative estimate of drug-likeness (QED) is 0.846. The Morgan fingerprint density at radius 2 is 2.38 bits per heavy atom. The van der Waals surface area contributed by atoms with Gasteiger partial charge in [0.2, 0.25) is 0 Å². The number of aliphatic carboxylic acids is 1. The van der Waals surface area contributed by atoms with E-state index in [1.165, 1.54) is 11.8 Å². The molecule has 0 aliphatic heterocycles. The van der Waals surface area contributed by atoms with Gasteiger partial charge in [-0.25, -0.2) is 4.98 Å². The highest BCUT2D eigenvalue weighted by atomic mass is 79.9. The van der Waals surface area contributed by atoms with Crippen LogP contribution in [-0.4, -0.2) is 21.8 Å². The Bertz CT molecular complexity index is 289. The van der Waals surface area contributed by atoms with Gasteiger partial charge in [0, 0.05) is 16.4 Å². The van der Waals surface area contributed by atoms with Crippen LogP contribution in [-0.2, 0) is 4.79 Å². The van der Waals surface area contributed by atoms with Crippen molar-refractivity contribution in [2.24, 2.45) is 0 Å². The van der Waals surface area contributed by atoms with Gasteiger partial charge in [0.15, 0.2) is 0 Å². The van der Waals surface area contributed by atoms with E-state index in [0.29, 0.717) is 5.75 Å². The summed E-state index contributed by atoms with van der Waals surface area (Å²) in [6.07, 6.45) is 1.87. The van der Waals surface area contributed by atoms with Gasteiger partial charge in [0.05, 0.1) is 11.4 Å². The van der Waals surface area contributed by atoms with E-state index >= 15 is 0 Å². The van der Waals surface area contributed by atoms with E-state index < -0.39 is 5.97 Å². The van der Waals surface area contributed by atoms with Gasteiger partial charge in [0.1, 0.15) is 0 Å². The van der Waals surface area contributed by atoms with Gasteiger partial charge in [-0.3, -0.25) is 4.79 Å². The molecule has 0 amide bonds. The fourth-order valence-electron chi connectivity index (χ4n) is 0.691. The summed E-state index contributed by atoms with van der Waals surface area (Å²) in [5.74, 6) is -0.214. The van der Waals surface area contributed by atoms with Crippen LogP contribution in [0.15, 0.2) is 27.8 Å². The van der Waals surface area contributed by atoms with Crippen LogP contribution < -0.4 is 0 Å². The Morgan fingerprint density at radius 3 is 2.92 bits per heavy atom. The lowest BCUT2D eigenvalue weighted by Crippen LogP contribution is -1.95. The summed E-state index contributed by atoms with van der Waals surface area (Å²) in [5, 5.41) is 9.25. The molecule has 1 rings (SSSR count). The number of pyridine rings is 1. The predicted molar refractivity (Wildman–Crippen MR) is 54.9 cm³/mol. The zero-order valence-electron chi connectivity index (χ0n) is 6.74. The van der Waals surface area contributed by atoms with Crippen LogP contribution in [0, 0.1) is 0 Å². The molecule has 0 spiro atoms. The molecule has 5 heteroatoms. The van der Waals surface area contributed by atoms with Crippen molar-refractivity contribution in [2.45, 2.75) is 11.4 Å². The van der Waals surface area contributed by atoms with Crippen molar-refractivity contribution in [1.29, 1.82) is 0 Å². The lowest BCUT2D eigenvalue weighted by molar-refractivity contribution is -0.136. The molecule has 1 aromatic heterocycles. The molecule has 0 bridgehead atoms. The van der Waals surface area contributed by atoms with Crippen molar-refractivity contribution in [2.75, 3.05) is 5.75 Å². The minimum absolute atomic E-state index is 0.169. The van der Waals surface area contributed by atoms with Crippen molar-refractivity contribution >= 4 is 33.7 Å². The van der Waals surface area contributed by atoms with E-state index in [9.17, 15) is 4.79 Å². The maximum Gasteiger partial charge on any atom is 0.304 e. The third kappa shape index (κ3) is 4.28. The molecule has 13 heavy (non-hydrogen) atoms. The minimum Gasteiger partial charge on any atom is -0.481 e. The molecule has 1 N–H and O–H groups in total. The second-order valence-corrected chi connectivity index (χ2v) is 4.34. The first-order valence-electron chi connectivity index (χ1n) is 3.64. The molecule has 0 saturated carbocycles. The van der Waals surface area contributed by atoms with E-state index in [0.717, 1.165) is 9.50 Å².